The van der Waals surface area contributed by atoms with Crippen LogP contribution in [0.15, 0.2) is 24.3 Å². The third-order valence-electron chi connectivity index (χ3n) is 3.03. The zero-order chi connectivity index (χ0) is 14.7. The molecule has 1 saturated heterocycles. The lowest BCUT2D eigenvalue weighted by Crippen LogP contribution is -2.42. The fourth-order valence-corrected chi connectivity index (χ4v) is 3.06. The zero-order valence-corrected chi connectivity index (χ0v) is 11.7. The molecule has 6 nitrogen and oxygen atoms in total. The van der Waals surface area contributed by atoms with Crippen molar-refractivity contribution in [2.24, 2.45) is 5.73 Å². The molecule has 1 heterocycles. The number of amides is 2. The Labute approximate surface area is 120 Å². The van der Waals surface area contributed by atoms with Gasteiger partial charge < -0.3 is 15.4 Å². The molecule has 1 aliphatic heterocycles. The average molecular weight is 294 g/mol. The number of nitrogens with zero attached hydrogens (tertiary/aromatic N) is 1. The molecule has 2 rings (SSSR count). The number of primary amides is 1. The molecule has 0 spiro atoms. The van der Waals surface area contributed by atoms with Gasteiger partial charge in [-0.25, -0.2) is 4.79 Å². The lowest BCUT2D eigenvalue weighted by molar-refractivity contribution is -0.144. The number of carbonyl (C=O) groups excluding carboxylic acids is 3. The van der Waals surface area contributed by atoms with E-state index in [0.717, 1.165) is 0 Å². The van der Waals surface area contributed by atoms with E-state index in [4.69, 9.17) is 10.5 Å². The molecule has 1 fully saturated rings. The highest BCUT2D eigenvalue weighted by Gasteiger charge is 2.35. The van der Waals surface area contributed by atoms with Crippen molar-refractivity contribution >= 4 is 29.5 Å². The van der Waals surface area contributed by atoms with Gasteiger partial charge in [-0.3, -0.25) is 9.59 Å². The van der Waals surface area contributed by atoms with Crippen molar-refractivity contribution in [3.05, 3.63) is 35.4 Å². The summed E-state index contributed by atoms with van der Waals surface area (Å²) in [7, 11) is 1.30. The lowest BCUT2D eigenvalue weighted by Gasteiger charge is -2.21. The van der Waals surface area contributed by atoms with E-state index in [1.807, 2.05) is 0 Å². The summed E-state index contributed by atoms with van der Waals surface area (Å²) in [5, 5.41) is 0. The second kappa shape index (κ2) is 5.96. The van der Waals surface area contributed by atoms with Gasteiger partial charge in [-0.15, -0.1) is 11.8 Å². The van der Waals surface area contributed by atoms with Gasteiger partial charge in [-0.2, -0.15) is 0 Å². The summed E-state index contributed by atoms with van der Waals surface area (Å²) in [5.41, 5.74) is 5.89. The first kappa shape index (κ1) is 14.4. The first-order valence-corrected chi connectivity index (χ1v) is 7.06. The predicted octanol–water partition coefficient (Wildman–Crippen LogP) is 0.474. The number of benzene rings is 1. The molecule has 0 unspecified atom stereocenters. The summed E-state index contributed by atoms with van der Waals surface area (Å²) in [6, 6.07) is 5.48. The van der Waals surface area contributed by atoms with Crippen molar-refractivity contribution in [3.63, 3.8) is 0 Å². The summed E-state index contributed by atoms with van der Waals surface area (Å²) in [6.07, 6.45) is 0. The minimum absolute atomic E-state index is 0.263. The topological polar surface area (TPSA) is 89.7 Å². The number of hydrogen-bond donors (Lipinski definition) is 1. The number of carbonyl (C=O) groups is 3. The molecule has 1 atom stereocenters. The highest BCUT2D eigenvalue weighted by Crippen LogP contribution is 2.24. The van der Waals surface area contributed by atoms with Gasteiger partial charge in [0.15, 0.2) is 0 Å². The number of nitrogens with two attached hydrogens (primary N) is 1. The first-order chi connectivity index (χ1) is 9.54. The van der Waals surface area contributed by atoms with Crippen molar-refractivity contribution in [1.29, 1.82) is 0 Å². The van der Waals surface area contributed by atoms with Crippen LogP contribution in [0.1, 0.15) is 20.7 Å². The van der Waals surface area contributed by atoms with Gasteiger partial charge in [0.05, 0.1) is 13.0 Å². The van der Waals surface area contributed by atoms with Crippen molar-refractivity contribution < 1.29 is 19.1 Å². The van der Waals surface area contributed by atoms with Crippen LogP contribution in [0.3, 0.4) is 0 Å². The molecule has 0 aromatic heterocycles. The normalized spacial score (nSPS) is 17.9. The molecule has 0 aliphatic carbocycles. The van der Waals surface area contributed by atoms with E-state index in [1.165, 1.54) is 48.0 Å². The summed E-state index contributed by atoms with van der Waals surface area (Å²) < 4.78 is 4.69. The monoisotopic (exact) mass is 294 g/mol. The predicted molar refractivity (Wildman–Crippen MR) is 74.3 cm³/mol. The van der Waals surface area contributed by atoms with Crippen LogP contribution in [0.2, 0.25) is 0 Å². The molecule has 2 amide bonds. The highest BCUT2D eigenvalue weighted by atomic mass is 32.2. The summed E-state index contributed by atoms with van der Waals surface area (Å²) in [5.74, 6) is -0.264. The van der Waals surface area contributed by atoms with Gasteiger partial charge in [0.25, 0.3) is 5.91 Å². The van der Waals surface area contributed by atoms with Crippen molar-refractivity contribution in [1.82, 2.24) is 4.90 Å². The van der Waals surface area contributed by atoms with Gasteiger partial charge in [-0.05, 0) is 24.3 Å². The molecule has 106 valence electrons. The fraction of sp³-hybridized carbons (Fsp3) is 0.308. The largest absolute Gasteiger partial charge is 0.467 e. The van der Waals surface area contributed by atoms with Crippen molar-refractivity contribution in [3.8, 4) is 0 Å². The van der Waals surface area contributed by atoms with E-state index in [-0.39, 0.29) is 5.91 Å². The summed E-state index contributed by atoms with van der Waals surface area (Å²) in [6.45, 7) is 0. The molecule has 7 heteroatoms. The maximum atomic E-state index is 12.3. The zero-order valence-electron chi connectivity index (χ0n) is 10.9. The molecule has 1 aromatic rings. The minimum atomic E-state index is -0.562. The third kappa shape index (κ3) is 2.77. The SMILES string of the molecule is COC(=O)[C@@H]1CSCN1C(=O)c1ccc(C(N)=O)cc1. The second-order valence-electron chi connectivity index (χ2n) is 4.26. The van der Waals surface area contributed by atoms with Gasteiger partial charge in [-0.1, -0.05) is 0 Å². The third-order valence-corrected chi connectivity index (χ3v) is 4.04. The van der Waals surface area contributed by atoms with E-state index in [9.17, 15) is 14.4 Å². The lowest BCUT2D eigenvalue weighted by atomic mass is 10.1. The minimum Gasteiger partial charge on any atom is -0.467 e. The standard InChI is InChI=1S/C13H14N2O4S/c1-19-13(18)10-6-20-7-15(10)12(17)9-4-2-8(3-5-9)11(14)16/h2-5,10H,6-7H2,1H3,(H2,14,16)/t10-/m0/s1. The van der Waals surface area contributed by atoms with Crippen LogP contribution in [0.5, 0.6) is 0 Å². The Morgan fingerprint density at radius 1 is 1.25 bits per heavy atom. The Kier molecular flexibility index (Phi) is 4.29. The molecule has 0 bridgehead atoms. The van der Waals surface area contributed by atoms with Crippen molar-refractivity contribution in [2.75, 3.05) is 18.7 Å². The van der Waals surface area contributed by atoms with E-state index in [1.54, 1.807) is 0 Å². The van der Waals surface area contributed by atoms with E-state index in [2.05, 4.69) is 0 Å². The average Bonchev–Trinajstić information content (AvgIpc) is 2.95. The quantitative estimate of drug-likeness (QED) is 0.819. The Balaban J connectivity index is 2.18. The molecule has 20 heavy (non-hydrogen) atoms. The molecule has 1 aromatic carbocycles. The Morgan fingerprint density at radius 3 is 2.40 bits per heavy atom. The van der Waals surface area contributed by atoms with E-state index >= 15 is 0 Å². The number of hydrogen-bond acceptors (Lipinski definition) is 5. The number of methoxy groups -OCH3 is 1. The van der Waals surface area contributed by atoms with Crippen LogP contribution in [0.4, 0.5) is 0 Å². The number of thioether (sulfide) groups is 1. The molecule has 1 aliphatic rings. The number of esters is 1. The molecular formula is C13H14N2O4S. The first-order valence-electron chi connectivity index (χ1n) is 5.91. The van der Waals surface area contributed by atoms with Gasteiger partial charge in [0, 0.05) is 16.9 Å². The van der Waals surface area contributed by atoms with Crippen LogP contribution in [0.25, 0.3) is 0 Å². The number of rotatable bonds is 3. The van der Waals surface area contributed by atoms with Crippen LogP contribution in [-0.2, 0) is 9.53 Å². The Bertz CT molecular complexity index is 544. The highest BCUT2D eigenvalue weighted by molar-refractivity contribution is 7.99. The summed E-state index contributed by atoms with van der Waals surface area (Å²) in [4.78, 5) is 36.4. The number of ether oxygens (including phenoxy) is 1. The molecule has 0 saturated carbocycles. The van der Waals surface area contributed by atoms with E-state index < -0.39 is 17.9 Å². The van der Waals surface area contributed by atoms with Crippen LogP contribution in [-0.4, -0.2) is 47.5 Å². The van der Waals surface area contributed by atoms with Gasteiger partial charge in [0.2, 0.25) is 5.91 Å². The summed E-state index contributed by atoms with van der Waals surface area (Å²) >= 11 is 1.50. The fourth-order valence-electron chi connectivity index (χ4n) is 1.92. The second-order valence-corrected chi connectivity index (χ2v) is 5.26. The van der Waals surface area contributed by atoms with E-state index in [0.29, 0.717) is 22.8 Å². The van der Waals surface area contributed by atoms with Gasteiger partial charge in [0.1, 0.15) is 6.04 Å². The molecule has 0 radical (unpaired) electrons. The van der Waals surface area contributed by atoms with Gasteiger partial charge >= 0.3 is 5.97 Å². The maximum Gasteiger partial charge on any atom is 0.329 e. The van der Waals surface area contributed by atoms with Crippen molar-refractivity contribution in [2.45, 2.75) is 6.04 Å². The van der Waals surface area contributed by atoms with Crippen LogP contribution in [0, 0.1) is 0 Å². The smallest absolute Gasteiger partial charge is 0.329 e. The van der Waals surface area contributed by atoms with Crippen LogP contribution >= 0.6 is 11.8 Å². The molecular weight excluding hydrogens is 280 g/mol. The Hall–Kier alpha value is -2.02. The maximum absolute atomic E-state index is 12.3. The Morgan fingerprint density at radius 2 is 1.85 bits per heavy atom. The van der Waals surface area contributed by atoms with Crippen LogP contribution < -0.4 is 5.73 Å². The molecule has 2 N–H and O–H groups in total.